The summed E-state index contributed by atoms with van der Waals surface area (Å²) in [4.78, 5) is 0. The Morgan fingerprint density at radius 1 is 1.09 bits per heavy atom. The maximum atomic E-state index is 5.35. The van der Waals surface area contributed by atoms with Crippen LogP contribution in [0.1, 0.15) is 20.8 Å². The van der Waals surface area contributed by atoms with Crippen molar-refractivity contribution in [2.24, 2.45) is 5.73 Å². The Labute approximate surface area is 68.9 Å². The zero-order chi connectivity index (χ0) is 8.69. The largest absolute Gasteiger partial charge is 0.376 e. The topological polar surface area (TPSA) is 44.5 Å². The molecule has 0 bridgehead atoms. The van der Waals surface area contributed by atoms with Gasteiger partial charge in [-0.1, -0.05) is 0 Å². The quantitative estimate of drug-likeness (QED) is 0.585. The van der Waals surface area contributed by atoms with Gasteiger partial charge in [0.05, 0.1) is 25.4 Å². The van der Waals surface area contributed by atoms with Gasteiger partial charge >= 0.3 is 0 Å². The molecule has 0 radical (unpaired) electrons. The second kappa shape index (κ2) is 6.58. The lowest BCUT2D eigenvalue weighted by molar-refractivity contribution is -0.00377. The Morgan fingerprint density at radius 3 is 2.09 bits per heavy atom. The zero-order valence-electron chi connectivity index (χ0n) is 7.67. The van der Waals surface area contributed by atoms with E-state index in [1.54, 1.807) is 0 Å². The summed E-state index contributed by atoms with van der Waals surface area (Å²) in [5.74, 6) is 0. The van der Waals surface area contributed by atoms with Crippen molar-refractivity contribution in [1.29, 1.82) is 0 Å². The minimum atomic E-state index is 0.144. The lowest BCUT2D eigenvalue weighted by Crippen LogP contribution is -2.22. The Balaban J connectivity index is 3.01. The standard InChI is InChI=1S/C8H19NO2/c1-7(2)10-4-5-11-8(3)6-9/h7-8H,4-6,9H2,1-3H3. The van der Waals surface area contributed by atoms with Crippen molar-refractivity contribution >= 4 is 0 Å². The summed E-state index contributed by atoms with van der Waals surface area (Å²) in [5, 5.41) is 0. The average molecular weight is 161 g/mol. The highest BCUT2D eigenvalue weighted by molar-refractivity contribution is 4.48. The van der Waals surface area contributed by atoms with E-state index in [2.05, 4.69) is 0 Å². The first-order valence-electron chi connectivity index (χ1n) is 4.10. The van der Waals surface area contributed by atoms with E-state index in [4.69, 9.17) is 15.2 Å². The van der Waals surface area contributed by atoms with E-state index < -0.39 is 0 Å². The van der Waals surface area contributed by atoms with E-state index in [0.717, 1.165) is 0 Å². The van der Waals surface area contributed by atoms with Gasteiger partial charge in [0, 0.05) is 6.54 Å². The van der Waals surface area contributed by atoms with E-state index in [1.807, 2.05) is 20.8 Å². The molecule has 0 saturated heterocycles. The van der Waals surface area contributed by atoms with Crippen LogP contribution in [0, 0.1) is 0 Å². The maximum absolute atomic E-state index is 5.35. The van der Waals surface area contributed by atoms with Crippen LogP contribution >= 0.6 is 0 Å². The van der Waals surface area contributed by atoms with Crippen LogP contribution in [0.25, 0.3) is 0 Å². The molecule has 0 aromatic heterocycles. The van der Waals surface area contributed by atoms with Crippen molar-refractivity contribution in [3.8, 4) is 0 Å². The number of hydrogen-bond donors (Lipinski definition) is 1. The fourth-order valence-corrected chi connectivity index (χ4v) is 0.601. The van der Waals surface area contributed by atoms with Crippen molar-refractivity contribution in [2.45, 2.75) is 33.0 Å². The van der Waals surface area contributed by atoms with Gasteiger partial charge in [-0.2, -0.15) is 0 Å². The predicted octanol–water partition coefficient (Wildman–Crippen LogP) is 0.775. The molecule has 0 amide bonds. The van der Waals surface area contributed by atoms with Crippen molar-refractivity contribution in [1.82, 2.24) is 0 Å². The van der Waals surface area contributed by atoms with Crippen LogP contribution < -0.4 is 5.73 Å². The van der Waals surface area contributed by atoms with Crippen LogP contribution in [0.5, 0.6) is 0 Å². The molecule has 0 aliphatic heterocycles. The monoisotopic (exact) mass is 161 g/mol. The van der Waals surface area contributed by atoms with Gasteiger partial charge in [0.1, 0.15) is 0 Å². The molecule has 0 aliphatic rings. The molecule has 0 aliphatic carbocycles. The van der Waals surface area contributed by atoms with Gasteiger partial charge in [0.15, 0.2) is 0 Å². The second-order valence-electron chi connectivity index (χ2n) is 2.84. The summed E-state index contributed by atoms with van der Waals surface area (Å²) < 4.78 is 10.6. The molecule has 0 aromatic rings. The van der Waals surface area contributed by atoms with Crippen molar-refractivity contribution in [2.75, 3.05) is 19.8 Å². The fraction of sp³-hybridized carbons (Fsp3) is 1.00. The molecule has 0 fully saturated rings. The smallest absolute Gasteiger partial charge is 0.0704 e. The Hall–Kier alpha value is -0.120. The zero-order valence-corrected chi connectivity index (χ0v) is 7.67. The number of hydrogen-bond acceptors (Lipinski definition) is 3. The van der Waals surface area contributed by atoms with Crippen molar-refractivity contribution in [3.63, 3.8) is 0 Å². The summed E-state index contributed by atoms with van der Waals surface area (Å²) in [6, 6.07) is 0. The first-order valence-corrected chi connectivity index (χ1v) is 4.10. The van der Waals surface area contributed by atoms with Crippen LogP contribution in [0.2, 0.25) is 0 Å². The molecule has 3 heteroatoms. The summed E-state index contributed by atoms with van der Waals surface area (Å²) in [7, 11) is 0. The van der Waals surface area contributed by atoms with Gasteiger partial charge < -0.3 is 15.2 Å². The molecule has 0 heterocycles. The van der Waals surface area contributed by atoms with Gasteiger partial charge in [-0.05, 0) is 20.8 Å². The third-order valence-corrected chi connectivity index (χ3v) is 1.27. The highest BCUT2D eigenvalue weighted by Crippen LogP contribution is 1.90. The minimum Gasteiger partial charge on any atom is -0.376 e. The molecule has 3 nitrogen and oxygen atoms in total. The summed E-state index contributed by atoms with van der Waals surface area (Å²) >= 11 is 0. The first kappa shape index (κ1) is 10.9. The van der Waals surface area contributed by atoms with Gasteiger partial charge in [0.25, 0.3) is 0 Å². The third kappa shape index (κ3) is 7.78. The molecular formula is C8H19NO2. The molecule has 1 atom stereocenters. The predicted molar refractivity (Wildman–Crippen MR) is 45.6 cm³/mol. The number of nitrogens with two attached hydrogens (primary N) is 1. The maximum Gasteiger partial charge on any atom is 0.0704 e. The Kier molecular flexibility index (Phi) is 6.51. The Morgan fingerprint density at radius 2 is 1.64 bits per heavy atom. The van der Waals surface area contributed by atoms with Crippen LogP contribution in [-0.2, 0) is 9.47 Å². The SMILES string of the molecule is CC(C)OCCOC(C)CN. The molecule has 0 spiro atoms. The van der Waals surface area contributed by atoms with Gasteiger partial charge in [-0.25, -0.2) is 0 Å². The second-order valence-corrected chi connectivity index (χ2v) is 2.84. The van der Waals surface area contributed by atoms with Crippen molar-refractivity contribution < 1.29 is 9.47 Å². The van der Waals surface area contributed by atoms with Gasteiger partial charge in [-0.3, -0.25) is 0 Å². The Bertz CT molecular complexity index is 86.2. The summed E-state index contributed by atoms with van der Waals surface area (Å²) in [6.07, 6.45) is 0.428. The summed E-state index contributed by atoms with van der Waals surface area (Å²) in [5.41, 5.74) is 5.35. The van der Waals surface area contributed by atoms with E-state index in [0.29, 0.717) is 19.8 Å². The molecule has 1 unspecified atom stereocenters. The highest BCUT2D eigenvalue weighted by atomic mass is 16.5. The average Bonchev–Trinajstić information content (AvgIpc) is 1.97. The molecule has 0 aromatic carbocycles. The van der Waals surface area contributed by atoms with E-state index in [-0.39, 0.29) is 12.2 Å². The van der Waals surface area contributed by atoms with E-state index in [1.165, 1.54) is 0 Å². The van der Waals surface area contributed by atoms with Crippen LogP contribution in [0.15, 0.2) is 0 Å². The lowest BCUT2D eigenvalue weighted by Gasteiger charge is -2.11. The molecule has 2 N–H and O–H groups in total. The van der Waals surface area contributed by atoms with Gasteiger partial charge in [0.2, 0.25) is 0 Å². The van der Waals surface area contributed by atoms with E-state index in [9.17, 15) is 0 Å². The van der Waals surface area contributed by atoms with Crippen LogP contribution in [0.3, 0.4) is 0 Å². The van der Waals surface area contributed by atoms with Crippen molar-refractivity contribution in [3.05, 3.63) is 0 Å². The highest BCUT2D eigenvalue weighted by Gasteiger charge is 1.98. The molecule has 0 saturated carbocycles. The van der Waals surface area contributed by atoms with Crippen LogP contribution in [-0.4, -0.2) is 32.0 Å². The van der Waals surface area contributed by atoms with Gasteiger partial charge in [-0.15, -0.1) is 0 Å². The molecule has 68 valence electrons. The molecule has 0 rings (SSSR count). The fourth-order valence-electron chi connectivity index (χ4n) is 0.601. The summed E-state index contributed by atoms with van der Waals surface area (Å²) in [6.45, 7) is 7.83. The van der Waals surface area contributed by atoms with Crippen LogP contribution in [0.4, 0.5) is 0 Å². The third-order valence-electron chi connectivity index (χ3n) is 1.27. The number of ether oxygens (including phenoxy) is 2. The lowest BCUT2D eigenvalue weighted by atomic mass is 10.4. The normalized spacial score (nSPS) is 13.9. The van der Waals surface area contributed by atoms with E-state index >= 15 is 0 Å². The first-order chi connectivity index (χ1) is 5.16. The minimum absolute atomic E-state index is 0.144. The molecular weight excluding hydrogens is 142 g/mol. The number of rotatable bonds is 6. The molecule has 11 heavy (non-hydrogen) atoms.